The van der Waals surface area contributed by atoms with Crippen molar-refractivity contribution in [3.63, 3.8) is 0 Å². The monoisotopic (exact) mass is 328 g/mol. The predicted octanol–water partition coefficient (Wildman–Crippen LogP) is 2.15. The Morgan fingerprint density at radius 1 is 1.42 bits per heavy atom. The van der Waals surface area contributed by atoms with Crippen molar-refractivity contribution in [2.24, 2.45) is 5.92 Å². The van der Waals surface area contributed by atoms with Crippen molar-refractivity contribution in [3.8, 4) is 0 Å². The molecule has 6 nitrogen and oxygen atoms in total. The van der Waals surface area contributed by atoms with Crippen molar-refractivity contribution in [2.75, 3.05) is 38.7 Å². The maximum absolute atomic E-state index is 11.7. The molecule has 1 N–H and O–H groups in total. The SMILES string of the molecule is COC(=O)c1[nH]ncc1CN(C)CC1CCN(c2ccccc2)C1. The smallest absolute Gasteiger partial charge is 0.356 e. The fraction of sp³-hybridized carbons (Fsp3) is 0.444. The van der Waals surface area contributed by atoms with Crippen LogP contribution in [-0.2, 0) is 11.3 Å². The summed E-state index contributed by atoms with van der Waals surface area (Å²) in [7, 11) is 3.46. The van der Waals surface area contributed by atoms with Crippen molar-refractivity contribution in [1.29, 1.82) is 0 Å². The number of rotatable bonds is 6. The Morgan fingerprint density at radius 2 is 2.21 bits per heavy atom. The average Bonchev–Trinajstić information content (AvgIpc) is 3.24. The highest BCUT2D eigenvalue weighted by molar-refractivity contribution is 5.88. The molecule has 1 saturated heterocycles. The van der Waals surface area contributed by atoms with E-state index in [0.717, 1.165) is 25.2 Å². The van der Waals surface area contributed by atoms with Gasteiger partial charge in [-0.3, -0.25) is 5.10 Å². The minimum atomic E-state index is -0.369. The molecule has 128 valence electrons. The zero-order valence-corrected chi connectivity index (χ0v) is 14.2. The number of carbonyl (C=O) groups is 1. The fourth-order valence-electron chi connectivity index (χ4n) is 3.36. The molecule has 1 unspecified atom stereocenters. The van der Waals surface area contributed by atoms with Crippen LogP contribution in [0, 0.1) is 5.92 Å². The van der Waals surface area contributed by atoms with Crippen LogP contribution in [0.25, 0.3) is 0 Å². The molecule has 0 spiro atoms. The van der Waals surface area contributed by atoms with Crippen LogP contribution in [0.3, 0.4) is 0 Å². The third kappa shape index (κ3) is 3.76. The first-order valence-electron chi connectivity index (χ1n) is 8.26. The van der Waals surface area contributed by atoms with Gasteiger partial charge < -0.3 is 14.5 Å². The summed E-state index contributed by atoms with van der Waals surface area (Å²) in [5.74, 6) is 0.260. The van der Waals surface area contributed by atoms with E-state index in [4.69, 9.17) is 4.74 Å². The minimum Gasteiger partial charge on any atom is -0.464 e. The highest BCUT2D eigenvalue weighted by atomic mass is 16.5. The molecule has 0 saturated carbocycles. The molecule has 1 atom stereocenters. The first-order chi connectivity index (χ1) is 11.7. The first kappa shape index (κ1) is 16.5. The van der Waals surface area contributed by atoms with Gasteiger partial charge in [-0.25, -0.2) is 4.79 Å². The van der Waals surface area contributed by atoms with Crippen LogP contribution >= 0.6 is 0 Å². The number of aromatic nitrogens is 2. The van der Waals surface area contributed by atoms with Gasteiger partial charge in [-0.15, -0.1) is 0 Å². The number of carbonyl (C=O) groups excluding carboxylic acids is 1. The van der Waals surface area contributed by atoms with Crippen LogP contribution in [0.15, 0.2) is 36.5 Å². The maximum atomic E-state index is 11.7. The highest BCUT2D eigenvalue weighted by Gasteiger charge is 2.24. The summed E-state index contributed by atoms with van der Waals surface area (Å²) in [6, 6.07) is 10.6. The molecule has 1 aliphatic heterocycles. The Kier molecular flexibility index (Phi) is 5.15. The van der Waals surface area contributed by atoms with Gasteiger partial charge >= 0.3 is 5.97 Å². The standard InChI is InChI=1S/C18H24N4O2/c1-21(13-15-10-19-20-17(15)18(23)24-2)11-14-8-9-22(12-14)16-6-4-3-5-7-16/h3-7,10,14H,8-9,11-13H2,1-2H3,(H,19,20). The van der Waals surface area contributed by atoms with Gasteiger partial charge in [0.2, 0.25) is 0 Å². The summed E-state index contributed by atoms with van der Waals surface area (Å²) in [4.78, 5) is 16.4. The molecule has 2 heterocycles. The van der Waals surface area contributed by atoms with Gasteiger partial charge in [0, 0.05) is 37.4 Å². The van der Waals surface area contributed by atoms with E-state index in [2.05, 4.69) is 57.4 Å². The quantitative estimate of drug-likeness (QED) is 0.823. The van der Waals surface area contributed by atoms with E-state index < -0.39 is 0 Å². The van der Waals surface area contributed by atoms with Gasteiger partial charge in [-0.05, 0) is 31.5 Å². The van der Waals surface area contributed by atoms with E-state index in [1.165, 1.54) is 19.2 Å². The lowest BCUT2D eigenvalue weighted by atomic mass is 10.1. The van der Waals surface area contributed by atoms with E-state index >= 15 is 0 Å². The Labute approximate surface area is 142 Å². The summed E-state index contributed by atoms with van der Waals surface area (Å²) in [5.41, 5.74) is 2.62. The molecule has 1 aliphatic rings. The van der Waals surface area contributed by atoms with E-state index in [9.17, 15) is 4.79 Å². The second kappa shape index (κ2) is 7.49. The normalized spacial score (nSPS) is 17.5. The van der Waals surface area contributed by atoms with Crippen LogP contribution in [0.5, 0.6) is 0 Å². The van der Waals surface area contributed by atoms with E-state index in [-0.39, 0.29) is 5.97 Å². The molecular weight excluding hydrogens is 304 g/mol. The first-order valence-corrected chi connectivity index (χ1v) is 8.26. The molecule has 0 aliphatic carbocycles. The van der Waals surface area contributed by atoms with Crippen molar-refractivity contribution in [1.82, 2.24) is 15.1 Å². The lowest BCUT2D eigenvalue weighted by molar-refractivity contribution is 0.0591. The third-order valence-corrected chi connectivity index (χ3v) is 4.52. The molecular formula is C18H24N4O2. The van der Waals surface area contributed by atoms with Crippen molar-refractivity contribution < 1.29 is 9.53 Å². The molecule has 24 heavy (non-hydrogen) atoms. The number of anilines is 1. The average molecular weight is 328 g/mol. The molecule has 1 aromatic heterocycles. The van der Waals surface area contributed by atoms with E-state index in [1.54, 1.807) is 6.20 Å². The largest absolute Gasteiger partial charge is 0.464 e. The van der Waals surface area contributed by atoms with Gasteiger partial charge in [0.25, 0.3) is 0 Å². The maximum Gasteiger partial charge on any atom is 0.356 e. The van der Waals surface area contributed by atoms with Crippen molar-refractivity contribution >= 4 is 11.7 Å². The van der Waals surface area contributed by atoms with Crippen LogP contribution in [-0.4, -0.2) is 54.9 Å². The van der Waals surface area contributed by atoms with Gasteiger partial charge in [-0.2, -0.15) is 5.10 Å². The Bertz CT molecular complexity index is 671. The number of aromatic amines is 1. The van der Waals surface area contributed by atoms with Crippen LogP contribution < -0.4 is 4.90 Å². The number of ether oxygens (including phenoxy) is 1. The molecule has 2 aromatic rings. The number of nitrogens with one attached hydrogen (secondary N) is 1. The Morgan fingerprint density at radius 3 is 2.96 bits per heavy atom. The number of para-hydroxylation sites is 1. The van der Waals surface area contributed by atoms with Gasteiger partial charge in [0.1, 0.15) is 5.69 Å². The van der Waals surface area contributed by atoms with Crippen LogP contribution in [0.1, 0.15) is 22.5 Å². The van der Waals surface area contributed by atoms with Crippen LogP contribution in [0.4, 0.5) is 5.69 Å². The Balaban J connectivity index is 1.54. The van der Waals surface area contributed by atoms with E-state index in [1.807, 2.05) is 0 Å². The number of hydrogen-bond acceptors (Lipinski definition) is 5. The van der Waals surface area contributed by atoms with Gasteiger partial charge in [0.15, 0.2) is 0 Å². The highest BCUT2D eigenvalue weighted by Crippen LogP contribution is 2.24. The number of esters is 1. The lowest BCUT2D eigenvalue weighted by Crippen LogP contribution is -2.28. The summed E-state index contributed by atoms with van der Waals surface area (Å²) < 4.78 is 4.78. The number of benzene rings is 1. The zero-order valence-electron chi connectivity index (χ0n) is 14.2. The molecule has 0 amide bonds. The van der Waals surface area contributed by atoms with Crippen molar-refractivity contribution in [2.45, 2.75) is 13.0 Å². The van der Waals surface area contributed by atoms with Gasteiger partial charge in [-0.1, -0.05) is 18.2 Å². The number of nitrogens with zero attached hydrogens (tertiary/aromatic N) is 3. The number of methoxy groups -OCH3 is 1. The number of H-pyrrole nitrogens is 1. The summed E-state index contributed by atoms with van der Waals surface area (Å²) in [5, 5.41) is 6.69. The van der Waals surface area contributed by atoms with Crippen LogP contribution in [0.2, 0.25) is 0 Å². The second-order valence-electron chi connectivity index (χ2n) is 6.39. The number of hydrogen-bond donors (Lipinski definition) is 1. The lowest BCUT2D eigenvalue weighted by Gasteiger charge is -2.22. The third-order valence-electron chi connectivity index (χ3n) is 4.52. The fourth-order valence-corrected chi connectivity index (χ4v) is 3.36. The molecule has 6 heteroatoms. The summed E-state index contributed by atoms with van der Waals surface area (Å²) in [6.07, 6.45) is 2.89. The topological polar surface area (TPSA) is 61.5 Å². The summed E-state index contributed by atoms with van der Waals surface area (Å²) >= 11 is 0. The molecule has 0 radical (unpaired) electrons. The molecule has 1 aromatic carbocycles. The Hall–Kier alpha value is -2.34. The van der Waals surface area contributed by atoms with Crippen molar-refractivity contribution in [3.05, 3.63) is 47.8 Å². The second-order valence-corrected chi connectivity index (χ2v) is 6.39. The molecule has 3 rings (SSSR count). The zero-order chi connectivity index (χ0) is 16.9. The molecule has 0 bridgehead atoms. The van der Waals surface area contributed by atoms with E-state index in [0.29, 0.717) is 18.2 Å². The predicted molar refractivity (Wildman–Crippen MR) is 93.0 cm³/mol. The van der Waals surface area contributed by atoms with Gasteiger partial charge in [0.05, 0.1) is 13.3 Å². The summed E-state index contributed by atoms with van der Waals surface area (Å²) in [6.45, 7) is 3.85. The minimum absolute atomic E-state index is 0.369. The molecule has 1 fully saturated rings.